The molecule has 2 rings (SSSR count). The molecular formula is C21H26Br2N4O8. The van der Waals surface area contributed by atoms with Gasteiger partial charge in [0.25, 0.3) is 23.6 Å². The SMILES string of the molecule is CN(CCNC(=O)COC(CN1C(=O)C=C(Br)C1=O)CN1C(=O)C=C(Br)C1=O)C(=O)OC(C)(C)C. The average molecular weight is 622 g/mol. The molecule has 0 fully saturated rings. The van der Waals surface area contributed by atoms with Gasteiger partial charge in [-0.15, -0.1) is 0 Å². The molecule has 12 nitrogen and oxygen atoms in total. The highest BCUT2D eigenvalue weighted by Gasteiger charge is 2.36. The summed E-state index contributed by atoms with van der Waals surface area (Å²) in [7, 11) is 1.53. The molecule has 0 bridgehead atoms. The summed E-state index contributed by atoms with van der Waals surface area (Å²) < 4.78 is 10.9. The minimum Gasteiger partial charge on any atom is -0.444 e. The maximum atomic E-state index is 12.3. The molecule has 0 atom stereocenters. The van der Waals surface area contributed by atoms with E-state index >= 15 is 0 Å². The van der Waals surface area contributed by atoms with E-state index in [-0.39, 0.29) is 35.1 Å². The van der Waals surface area contributed by atoms with E-state index in [2.05, 4.69) is 37.2 Å². The smallest absolute Gasteiger partial charge is 0.410 e. The van der Waals surface area contributed by atoms with Crippen LogP contribution in [0.2, 0.25) is 0 Å². The zero-order valence-electron chi connectivity index (χ0n) is 19.6. The van der Waals surface area contributed by atoms with Crippen LogP contribution in [0.5, 0.6) is 0 Å². The molecular weight excluding hydrogens is 596 g/mol. The lowest BCUT2D eigenvalue weighted by atomic mass is 10.2. The van der Waals surface area contributed by atoms with Gasteiger partial charge in [0.15, 0.2) is 0 Å². The minimum absolute atomic E-state index is 0.0610. The number of nitrogens with one attached hydrogen (secondary N) is 1. The van der Waals surface area contributed by atoms with Crippen molar-refractivity contribution in [2.45, 2.75) is 32.5 Å². The fourth-order valence-electron chi connectivity index (χ4n) is 2.91. The Morgan fingerprint density at radius 2 is 1.49 bits per heavy atom. The molecule has 2 aliphatic heterocycles. The van der Waals surface area contributed by atoms with Crippen LogP contribution in [0.25, 0.3) is 0 Å². The summed E-state index contributed by atoms with van der Waals surface area (Å²) in [6.45, 7) is 4.47. The number of halogens is 2. The van der Waals surface area contributed by atoms with Crippen molar-refractivity contribution in [2.75, 3.05) is 39.8 Å². The summed E-state index contributed by atoms with van der Waals surface area (Å²) in [5.74, 6) is -2.93. The number of rotatable bonds is 10. The molecule has 2 heterocycles. The molecule has 6 amide bonds. The molecule has 0 saturated carbocycles. The molecule has 1 N–H and O–H groups in total. The fraction of sp³-hybridized carbons (Fsp3) is 0.524. The third-order valence-electron chi connectivity index (χ3n) is 4.63. The van der Waals surface area contributed by atoms with E-state index in [1.165, 1.54) is 11.9 Å². The monoisotopic (exact) mass is 620 g/mol. The van der Waals surface area contributed by atoms with Crippen molar-refractivity contribution in [2.24, 2.45) is 0 Å². The van der Waals surface area contributed by atoms with Gasteiger partial charge < -0.3 is 19.7 Å². The second kappa shape index (κ2) is 11.9. The van der Waals surface area contributed by atoms with Gasteiger partial charge in [0, 0.05) is 32.3 Å². The Morgan fingerprint density at radius 3 is 1.89 bits per heavy atom. The Balaban J connectivity index is 1.92. The van der Waals surface area contributed by atoms with Crippen molar-refractivity contribution in [3.05, 3.63) is 21.1 Å². The van der Waals surface area contributed by atoms with Crippen LogP contribution in [-0.4, -0.2) is 102 Å². The Kier molecular flexibility index (Phi) is 9.75. The van der Waals surface area contributed by atoms with Crippen molar-refractivity contribution < 1.29 is 38.2 Å². The number of carbonyl (C=O) groups excluding carboxylic acids is 6. The summed E-state index contributed by atoms with van der Waals surface area (Å²) >= 11 is 5.98. The molecule has 0 radical (unpaired) electrons. The highest BCUT2D eigenvalue weighted by Crippen LogP contribution is 2.21. The van der Waals surface area contributed by atoms with E-state index in [0.29, 0.717) is 0 Å². The minimum atomic E-state index is -1.02. The highest BCUT2D eigenvalue weighted by atomic mass is 79.9. The largest absolute Gasteiger partial charge is 0.444 e. The summed E-state index contributed by atoms with van der Waals surface area (Å²) in [6, 6.07) is 0. The number of hydrogen-bond acceptors (Lipinski definition) is 8. The van der Waals surface area contributed by atoms with Crippen molar-refractivity contribution in [3.8, 4) is 0 Å². The molecule has 0 aliphatic carbocycles. The van der Waals surface area contributed by atoms with E-state index in [9.17, 15) is 28.8 Å². The first-order valence-corrected chi connectivity index (χ1v) is 12.1. The molecule has 2 aliphatic rings. The van der Waals surface area contributed by atoms with Crippen LogP contribution in [-0.2, 0) is 33.4 Å². The van der Waals surface area contributed by atoms with Gasteiger partial charge in [-0.25, -0.2) is 4.79 Å². The van der Waals surface area contributed by atoms with Gasteiger partial charge in [-0.05, 0) is 52.6 Å². The van der Waals surface area contributed by atoms with Gasteiger partial charge in [-0.1, -0.05) is 0 Å². The van der Waals surface area contributed by atoms with Gasteiger partial charge in [0.2, 0.25) is 5.91 Å². The number of imide groups is 2. The summed E-state index contributed by atoms with van der Waals surface area (Å²) in [6.07, 6.45) is 0.627. The van der Waals surface area contributed by atoms with Crippen LogP contribution in [0.1, 0.15) is 20.8 Å². The van der Waals surface area contributed by atoms with Gasteiger partial charge in [-0.2, -0.15) is 0 Å². The van der Waals surface area contributed by atoms with E-state index < -0.39 is 53.9 Å². The third-order valence-corrected chi connectivity index (χ3v) is 5.76. The Hall–Kier alpha value is -2.58. The Morgan fingerprint density at radius 1 is 1.00 bits per heavy atom. The average Bonchev–Trinajstić information content (AvgIpc) is 3.12. The standard InChI is InChI=1S/C21H26Br2N4O8/c1-21(2,3)35-20(33)25(4)6-5-24-15(28)11-34-12(9-26-16(29)7-13(22)18(26)31)10-27-17(30)8-14(23)19(27)32/h7-8,12H,5-6,9-11H2,1-4H3,(H,24,28). The van der Waals surface area contributed by atoms with Gasteiger partial charge in [-0.3, -0.25) is 33.8 Å². The van der Waals surface area contributed by atoms with Crippen LogP contribution in [0.4, 0.5) is 4.79 Å². The maximum absolute atomic E-state index is 12.3. The lowest BCUT2D eigenvalue weighted by molar-refractivity contribution is -0.142. The highest BCUT2D eigenvalue weighted by molar-refractivity contribution is 9.12. The second-order valence-electron chi connectivity index (χ2n) is 8.68. The number of carbonyl (C=O) groups is 6. The lowest BCUT2D eigenvalue weighted by Gasteiger charge is -2.26. The first-order valence-electron chi connectivity index (χ1n) is 10.5. The number of amides is 6. The molecule has 0 saturated heterocycles. The molecule has 0 spiro atoms. The van der Waals surface area contributed by atoms with Crippen molar-refractivity contribution >= 4 is 67.5 Å². The first-order chi connectivity index (χ1) is 16.2. The van der Waals surface area contributed by atoms with Gasteiger partial charge in [0.05, 0.1) is 28.2 Å². The predicted molar refractivity (Wildman–Crippen MR) is 129 cm³/mol. The number of likely N-dealkylation sites (N-methyl/N-ethyl adjacent to an activating group) is 1. The molecule has 35 heavy (non-hydrogen) atoms. The Labute approximate surface area is 218 Å². The molecule has 14 heteroatoms. The zero-order valence-corrected chi connectivity index (χ0v) is 22.8. The van der Waals surface area contributed by atoms with Crippen LogP contribution >= 0.6 is 31.9 Å². The van der Waals surface area contributed by atoms with Crippen molar-refractivity contribution in [1.29, 1.82) is 0 Å². The van der Waals surface area contributed by atoms with Gasteiger partial charge in [0.1, 0.15) is 12.2 Å². The zero-order chi connectivity index (χ0) is 26.5. The second-order valence-corrected chi connectivity index (χ2v) is 10.4. The maximum Gasteiger partial charge on any atom is 0.410 e. The van der Waals surface area contributed by atoms with Crippen molar-refractivity contribution in [3.63, 3.8) is 0 Å². The summed E-state index contributed by atoms with van der Waals surface area (Å²) in [5, 5.41) is 2.58. The van der Waals surface area contributed by atoms with Crippen LogP contribution in [0, 0.1) is 0 Å². The van der Waals surface area contributed by atoms with E-state index in [0.717, 1.165) is 22.0 Å². The molecule has 0 unspecified atom stereocenters. The molecule has 192 valence electrons. The number of hydrogen-bond donors (Lipinski definition) is 1. The summed E-state index contributed by atoms with van der Waals surface area (Å²) in [5.41, 5.74) is -0.649. The third kappa shape index (κ3) is 8.25. The predicted octanol–water partition coefficient (Wildman–Crippen LogP) is 0.650. The van der Waals surface area contributed by atoms with Crippen LogP contribution in [0.15, 0.2) is 21.1 Å². The molecule has 0 aromatic heterocycles. The number of ether oxygens (including phenoxy) is 2. The van der Waals surface area contributed by atoms with Gasteiger partial charge >= 0.3 is 6.09 Å². The summed E-state index contributed by atoms with van der Waals surface area (Å²) in [4.78, 5) is 75.9. The first kappa shape index (κ1) is 28.7. The topological polar surface area (TPSA) is 143 Å². The van der Waals surface area contributed by atoms with Crippen LogP contribution in [0.3, 0.4) is 0 Å². The Bertz CT molecular complexity index is 938. The fourth-order valence-corrected chi connectivity index (χ4v) is 3.73. The van der Waals surface area contributed by atoms with Crippen LogP contribution < -0.4 is 5.32 Å². The van der Waals surface area contributed by atoms with E-state index in [1.54, 1.807) is 20.8 Å². The van der Waals surface area contributed by atoms with Crippen molar-refractivity contribution in [1.82, 2.24) is 20.0 Å². The lowest BCUT2D eigenvalue weighted by Crippen LogP contribution is -2.47. The normalized spacial score (nSPS) is 16.2. The quantitative estimate of drug-likeness (QED) is 0.350. The molecule has 0 aromatic carbocycles. The number of nitrogens with zero attached hydrogens (tertiary/aromatic N) is 3. The molecule has 0 aromatic rings. The van der Waals surface area contributed by atoms with E-state index in [4.69, 9.17) is 9.47 Å². The van der Waals surface area contributed by atoms with E-state index in [1.807, 2.05) is 0 Å².